The van der Waals surface area contributed by atoms with Crippen molar-refractivity contribution in [2.45, 2.75) is 103 Å². The Morgan fingerprint density at radius 3 is 1.85 bits per heavy atom. The smallest absolute Gasteiger partial charge is 0.334 e. The van der Waals surface area contributed by atoms with Gasteiger partial charge in [0.2, 0.25) is 0 Å². The van der Waals surface area contributed by atoms with Crippen LogP contribution in [0.5, 0.6) is 0 Å². The molecular weight excluding hydrogens is 733 g/mol. The van der Waals surface area contributed by atoms with Gasteiger partial charge in [0.15, 0.2) is 0 Å². The molecule has 2 unspecified atom stereocenters. The Hall–Kier alpha value is 1.09. The molecule has 1 fully saturated rings. The van der Waals surface area contributed by atoms with Crippen LogP contribution in [-0.4, -0.2) is 36.1 Å². The van der Waals surface area contributed by atoms with Gasteiger partial charge in [-0.05, 0) is 59.0 Å². The van der Waals surface area contributed by atoms with E-state index in [0.717, 1.165) is 5.56 Å². The molecule has 2 atom stereocenters. The maximum absolute atomic E-state index is 7.10. The van der Waals surface area contributed by atoms with Crippen LogP contribution in [0, 0.1) is 37.7 Å². The number of hydrogen-bond donors (Lipinski definition) is 0. The fourth-order valence-electron chi connectivity index (χ4n) is 4.41. The maximum Gasteiger partial charge on any atom is 0.334 e. The normalized spacial score (nSPS) is 21.1. The van der Waals surface area contributed by atoms with Crippen molar-refractivity contribution in [3.8, 4) is 0 Å². The number of benzene rings is 1. The molecule has 1 aromatic carbocycles. The molecule has 0 aromatic heterocycles. The summed E-state index contributed by atoms with van der Waals surface area (Å²) in [6.07, 6.45) is -0.790. The summed E-state index contributed by atoms with van der Waals surface area (Å²) in [6, 6.07) is 5.36. The van der Waals surface area contributed by atoms with E-state index in [2.05, 4.69) is 55.4 Å². The van der Waals surface area contributed by atoms with E-state index in [0.29, 0.717) is 34.3 Å². The molecule has 1 aliphatic rings. The van der Waals surface area contributed by atoms with Crippen LogP contribution in [0.1, 0.15) is 67.9 Å². The summed E-state index contributed by atoms with van der Waals surface area (Å²) in [5, 5.41) is 1.16. The third-order valence-corrected chi connectivity index (χ3v) is 16.9. The van der Waals surface area contributed by atoms with Crippen molar-refractivity contribution < 1.29 is 53.6 Å². The molecule has 0 spiro atoms. The van der Waals surface area contributed by atoms with Crippen molar-refractivity contribution in [3.05, 3.63) is 40.4 Å². The van der Waals surface area contributed by atoms with Crippen LogP contribution in [0.2, 0.25) is 32.2 Å². The summed E-state index contributed by atoms with van der Waals surface area (Å²) in [4.78, 5) is 0. The minimum atomic E-state index is -2.61. The maximum atomic E-state index is 7.10. The van der Waals surface area contributed by atoms with E-state index in [-0.39, 0.29) is 48.3 Å². The van der Waals surface area contributed by atoms with E-state index in [1.54, 1.807) is 12.7 Å². The molecule has 0 N–H and O–H groups in total. The molecule has 0 aliphatic carbocycles. The molecule has 0 bridgehead atoms. The van der Waals surface area contributed by atoms with Gasteiger partial charge in [-0.25, -0.2) is 0 Å². The standard InChI is InChI=1S/C24H41Cl2O5Si2.U/c1-16(2)32(17(3)4)29-15-24(30-33(31-32,18(5)6)19(7)8)14-28-20(9)27-13-21-10-22(25)12-23(26)11-21;/h10-12,14,16-20,24H,13,15H2,1-9H3;/q-1;. The molecule has 5 nitrogen and oxygen atoms in total. The molecule has 0 saturated carbocycles. The van der Waals surface area contributed by atoms with Gasteiger partial charge in [-0.1, -0.05) is 78.6 Å². The summed E-state index contributed by atoms with van der Waals surface area (Å²) >= 11 is 12.2. The summed E-state index contributed by atoms with van der Waals surface area (Å²) < 4.78 is 32.3. The summed E-state index contributed by atoms with van der Waals surface area (Å²) in [5.41, 5.74) is 2.08. The van der Waals surface area contributed by atoms with Gasteiger partial charge in [0, 0.05) is 47.8 Å². The fourth-order valence-corrected chi connectivity index (χ4v) is 16.1. The van der Waals surface area contributed by atoms with Crippen molar-refractivity contribution in [2.75, 3.05) is 6.61 Å². The molecule has 2 rings (SSSR count). The Morgan fingerprint density at radius 2 is 1.38 bits per heavy atom. The average molecular weight is 775 g/mol. The van der Waals surface area contributed by atoms with E-state index in [9.17, 15) is 0 Å². The number of hydrogen-bond acceptors (Lipinski definition) is 5. The van der Waals surface area contributed by atoms with E-state index < -0.39 is 23.4 Å². The van der Waals surface area contributed by atoms with Gasteiger partial charge >= 0.3 is 17.1 Å². The number of halogens is 2. The first-order valence-corrected chi connectivity index (χ1v) is 16.6. The third-order valence-electron chi connectivity index (χ3n) is 6.18. The third kappa shape index (κ3) is 8.29. The van der Waals surface area contributed by atoms with Crippen LogP contribution < -0.4 is 0 Å². The van der Waals surface area contributed by atoms with Crippen molar-refractivity contribution in [2.24, 2.45) is 0 Å². The van der Waals surface area contributed by atoms with E-state index in [4.69, 9.17) is 45.6 Å². The molecule has 1 aliphatic heterocycles. The number of ether oxygens (including phenoxy) is 2. The van der Waals surface area contributed by atoms with Crippen molar-refractivity contribution in [1.29, 1.82) is 0 Å². The first-order chi connectivity index (χ1) is 15.3. The molecule has 0 radical (unpaired) electrons. The molecule has 1 saturated heterocycles. The van der Waals surface area contributed by atoms with Crippen LogP contribution in [0.4, 0.5) is 0 Å². The van der Waals surface area contributed by atoms with E-state index >= 15 is 0 Å². The Morgan fingerprint density at radius 1 is 0.882 bits per heavy atom. The predicted octanol–water partition coefficient (Wildman–Crippen LogP) is 7.99. The first-order valence-electron chi connectivity index (χ1n) is 11.9. The summed E-state index contributed by atoms with van der Waals surface area (Å²) in [6.45, 7) is 22.0. The Kier molecular flexibility index (Phi) is 13.9. The minimum Gasteiger partial charge on any atom is -0.527 e. The Labute approximate surface area is 242 Å². The largest absolute Gasteiger partial charge is 0.527 e. The second kappa shape index (κ2) is 14.3. The minimum absolute atomic E-state index is 0. The zero-order valence-corrected chi connectivity index (χ0v) is 29.7. The van der Waals surface area contributed by atoms with Gasteiger partial charge in [0.25, 0.3) is 0 Å². The topological polar surface area (TPSA) is 46.2 Å². The van der Waals surface area contributed by atoms with Gasteiger partial charge in [0.1, 0.15) is 6.29 Å². The van der Waals surface area contributed by atoms with Crippen molar-refractivity contribution in [1.82, 2.24) is 0 Å². The second-order valence-electron chi connectivity index (χ2n) is 10.1. The van der Waals surface area contributed by atoms with Gasteiger partial charge in [-0.15, -0.1) is 0 Å². The molecule has 194 valence electrons. The zero-order valence-electron chi connectivity index (χ0n) is 22.0. The number of rotatable bonds is 10. The van der Waals surface area contributed by atoms with Gasteiger partial charge in [0.05, 0.1) is 6.61 Å². The Bertz CT molecular complexity index is 731. The average Bonchev–Trinajstić information content (AvgIpc) is 2.89. The molecule has 10 heteroatoms. The molecule has 1 heterocycles. The van der Waals surface area contributed by atoms with Gasteiger partial charge in [-0.2, -0.15) is 6.61 Å². The Balaban J connectivity index is 0.00000578. The van der Waals surface area contributed by atoms with E-state index in [1.807, 2.05) is 19.1 Å². The SMILES string of the molecule is CC(O[CH-]C1CO[Si](C(C)C)(C(C)C)O[Si](C(C)C)(C(C)C)O1)OCc1cc(Cl)cc(Cl)c1.[U]. The first kappa shape index (κ1) is 33.1. The quantitative estimate of drug-likeness (QED) is 0.137. The van der Waals surface area contributed by atoms with Crippen LogP contribution in [0.3, 0.4) is 0 Å². The van der Waals surface area contributed by atoms with Crippen LogP contribution in [-0.2, 0) is 29.0 Å². The van der Waals surface area contributed by atoms with Gasteiger partial charge in [-0.3, -0.25) is 0 Å². The molecule has 0 amide bonds. The summed E-state index contributed by atoms with van der Waals surface area (Å²) in [5.74, 6) is 0. The molecular formula is C24H41Cl2O5Si2U-. The predicted molar refractivity (Wildman–Crippen MR) is 140 cm³/mol. The van der Waals surface area contributed by atoms with Gasteiger partial charge < -0.3 is 22.4 Å². The fraction of sp³-hybridized carbons (Fsp3) is 0.708. The van der Waals surface area contributed by atoms with Crippen molar-refractivity contribution >= 4 is 40.3 Å². The molecule has 34 heavy (non-hydrogen) atoms. The van der Waals surface area contributed by atoms with Crippen LogP contribution >= 0.6 is 23.2 Å². The van der Waals surface area contributed by atoms with E-state index in [1.165, 1.54) is 0 Å². The van der Waals surface area contributed by atoms with Crippen molar-refractivity contribution in [3.63, 3.8) is 0 Å². The molecule has 1 aromatic rings. The van der Waals surface area contributed by atoms with Crippen LogP contribution in [0.25, 0.3) is 0 Å². The summed E-state index contributed by atoms with van der Waals surface area (Å²) in [7, 11) is -5.12. The zero-order chi connectivity index (χ0) is 25.0. The second-order valence-corrected chi connectivity index (χ2v) is 19.8. The van der Waals surface area contributed by atoms with Crippen LogP contribution in [0.15, 0.2) is 18.2 Å². The monoisotopic (exact) mass is 773 g/mol.